The summed E-state index contributed by atoms with van der Waals surface area (Å²) in [6.45, 7) is 2.21. The molecule has 0 atom stereocenters. The molecule has 52 heavy (non-hydrogen) atoms. The van der Waals surface area contributed by atoms with Gasteiger partial charge in [0, 0.05) is 36.8 Å². The summed E-state index contributed by atoms with van der Waals surface area (Å²) in [6.07, 6.45) is 10.5. The summed E-state index contributed by atoms with van der Waals surface area (Å²) in [5.74, 6) is 1.65. The number of rotatable bonds is 18. The number of ether oxygens (including phenoxy) is 8. The quantitative estimate of drug-likeness (QED) is 0.0876. The first-order valence-corrected chi connectivity index (χ1v) is 18.6. The lowest BCUT2D eigenvalue weighted by Crippen LogP contribution is -2.16. The lowest BCUT2D eigenvalue weighted by molar-refractivity contribution is -0.141. The summed E-state index contributed by atoms with van der Waals surface area (Å²) in [5.41, 5.74) is 1.12. The molecule has 0 radical (unpaired) electrons. The Bertz CT molecular complexity index is 1270. The highest BCUT2D eigenvalue weighted by atomic mass is 16.6. The zero-order valence-corrected chi connectivity index (χ0v) is 30.9. The molecule has 0 unspecified atom stereocenters. The molecule has 12 heteroatoms. The van der Waals surface area contributed by atoms with E-state index in [1.54, 1.807) is 36.4 Å². The Morgan fingerprint density at radius 3 is 1.13 bits per heavy atom. The van der Waals surface area contributed by atoms with Crippen molar-refractivity contribution in [3.8, 4) is 23.0 Å². The van der Waals surface area contributed by atoms with Crippen LogP contribution in [0.25, 0.3) is 0 Å². The van der Waals surface area contributed by atoms with Crippen LogP contribution in [0.4, 0.5) is 0 Å². The molecule has 1 aliphatic rings. The minimum atomic E-state index is -0.190. The molecular weight excluding hydrogens is 672 g/mol. The Labute approximate surface area is 307 Å². The Morgan fingerprint density at radius 2 is 0.769 bits per heavy atom. The highest BCUT2D eigenvalue weighted by Crippen LogP contribution is 2.31. The van der Waals surface area contributed by atoms with Crippen LogP contribution in [0.15, 0.2) is 36.4 Å². The number of unbranched alkanes of at least 4 members (excludes halogenated alkanes) is 8. The molecule has 0 spiro atoms. The first-order valence-electron chi connectivity index (χ1n) is 18.6. The normalized spacial score (nSPS) is 14.0. The van der Waals surface area contributed by atoms with Crippen molar-refractivity contribution < 1.29 is 57.1 Å². The lowest BCUT2D eigenvalue weighted by atomic mass is 10.0. The van der Waals surface area contributed by atoms with E-state index in [4.69, 9.17) is 28.4 Å². The highest BCUT2D eigenvalue weighted by Gasteiger charge is 2.15. The van der Waals surface area contributed by atoms with Gasteiger partial charge in [0.25, 0.3) is 0 Å². The van der Waals surface area contributed by atoms with Crippen LogP contribution < -0.4 is 18.9 Å². The van der Waals surface area contributed by atoms with Crippen LogP contribution in [0.5, 0.6) is 23.0 Å². The van der Waals surface area contributed by atoms with Gasteiger partial charge in [-0.15, -0.1) is 0 Å². The predicted octanol–water partition coefficient (Wildman–Crippen LogP) is 7.12. The zero-order valence-electron chi connectivity index (χ0n) is 30.9. The zero-order chi connectivity index (χ0) is 37.2. The maximum Gasteiger partial charge on any atom is 0.305 e. The number of esters is 2. The van der Waals surface area contributed by atoms with E-state index in [0.717, 1.165) is 64.2 Å². The second kappa shape index (κ2) is 25.7. The van der Waals surface area contributed by atoms with E-state index in [2.05, 4.69) is 9.47 Å². The Morgan fingerprint density at radius 1 is 0.442 bits per heavy atom. The summed E-state index contributed by atoms with van der Waals surface area (Å²) in [5, 5.41) is 0. The summed E-state index contributed by atoms with van der Waals surface area (Å²) in [6, 6.07) is 10.4. The van der Waals surface area contributed by atoms with Crippen LogP contribution in [0.1, 0.15) is 111 Å². The second-order valence-corrected chi connectivity index (χ2v) is 12.5. The van der Waals surface area contributed by atoms with Crippen LogP contribution in [0, 0.1) is 0 Å². The molecule has 0 aromatic heterocycles. The standard InChI is InChI=1S/C40H56O12/c1-45-39(43)15-11-7-3-5-9-13-33(41)31-17-19-35-37(29-31)51-27-23-47-22-26-50-36-20-18-32(30-38(36)52-28-24-48-21-25-49-35)34(42)14-10-6-4-8-12-16-40(44)46-2/h17-20,29-30H,3-16,21-28H2,1-2H3. The van der Waals surface area contributed by atoms with Crippen LogP contribution in [-0.2, 0) is 28.5 Å². The molecule has 288 valence electrons. The molecular formula is C40H56O12. The molecule has 0 fully saturated rings. The molecule has 0 N–H and O–H groups in total. The average Bonchev–Trinajstić information content (AvgIpc) is 3.16. The van der Waals surface area contributed by atoms with E-state index in [9.17, 15) is 19.2 Å². The molecule has 1 heterocycles. The van der Waals surface area contributed by atoms with Gasteiger partial charge in [0.2, 0.25) is 0 Å². The minimum absolute atomic E-state index is 0.0365. The van der Waals surface area contributed by atoms with Gasteiger partial charge in [-0.25, -0.2) is 0 Å². The first-order chi connectivity index (χ1) is 25.4. The SMILES string of the molecule is COC(=O)CCCCCCCC(=O)c1ccc2c(c1)OCCOCCOc1ccc(C(=O)CCCCCCCC(=O)OC)cc1OCCOCCO2. The Hall–Kier alpha value is -4.16. The van der Waals surface area contributed by atoms with Gasteiger partial charge in [0.05, 0.1) is 40.6 Å². The van der Waals surface area contributed by atoms with Crippen molar-refractivity contribution in [1.82, 2.24) is 0 Å². The molecule has 0 amide bonds. The van der Waals surface area contributed by atoms with Crippen molar-refractivity contribution in [2.45, 2.75) is 89.9 Å². The van der Waals surface area contributed by atoms with Crippen molar-refractivity contribution in [3.63, 3.8) is 0 Å². The van der Waals surface area contributed by atoms with E-state index in [0.29, 0.717) is 86.2 Å². The number of fused-ring (bicyclic) bond motifs is 2. The van der Waals surface area contributed by atoms with E-state index in [-0.39, 0.29) is 49.9 Å². The summed E-state index contributed by atoms with van der Waals surface area (Å²) in [7, 11) is 2.79. The van der Waals surface area contributed by atoms with Gasteiger partial charge >= 0.3 is 11.9 Å². The van der Waals surface area contributed by atoms with E-state index in [1.807, 2.05) is 0 Å². The molecule has 0 saturated carbocycles. The van der Waals surface area contributed by atoms with Crippen molar-refractivity contribution >= 4 is 23.5 Å². The third-order valence-corrected chi connectivity index (χ3v) is 8.50. The van der Waals surface area contributed by atoms with Crippen molar-refractivity contribution in [1.29, 1.82) is 0 Å². The first kappa shape index (κ1) is 42.3. The number of Topliss-reactive ketones (excluding diaryl/α,β-unsaturated/α-hetero) is 2. The number of hydrogen-bond donors (Lipinski definition) is 0. The second-order valence-electron chi connectivity index (χ2n) is 12.5. The molecule has 12 nitrogen and oxygen atoms in total. The molecule has 0 saturated heterocycles. The number of ketones is 2. The molecule has 2 aromatic carbocycles. The fraction of sp³-hybridized carbons (Fsp3) is 0.600. The number of hydrogen-bond acceptors (Lipinski definition) is 12. The largest absolute Gasteiger partial charge is 0.487 e. The maximum atomic E-state index is 12.9. The van der Waals surface area contributed by atoms with Crippen molar-refractivity contribution in [3.05, 3.63) is 47.5 Å². The lowest BCUT2D eigenvalue weighted by Gasteiger charge is -2.16. The maximum absolute atomic E-state index is 12.9. The monoisotopic (exact) mass is 728 g/mol. The molecule has 3 rings (SSSR count). The fourth-order valence-electron chi connectivity index (χ4n) is 5.54. The average molecular weight is 729 g/mol. The minimum Gasteiger partial charge on any atom is -0.487 e. The van der Waals surface area contributed by atoms with Crippen molar-refractivity contribution in [2.24, 2.45) is 0 Å². The van der Waals surface area contributed by atoms with Crippen LogP contribution >= 0.6 is 0 Å². The van der Waals surface area contributed by atoms with Gasteiger partial charge in [-0.05, 0) is 62.1 Å². The predicted molar refractivity (Wildman–Crippen MR) is 194 cm³/mol. The van der Waals surface area contributed by atoms with Gasteiger partial charge in [-0.2, -0.15) is 0 Å². The van der Waals surface area contributed by atoms with Crippen LogP contribution in [0.3, 0.4) is 0 Å². The molecule has 2 aromatic rings. The van der Waals surface area contributed by atoms with Gasteiger partial charge in [-0.1, -0.05) is 38.5 Å². The smallest absolute Gasteiger partial charge is 0.305 e. The molecule has 0 bridgehead atoms. The van der Waals surface area contributed by atoms with E-state index < -0.39 is 0 Å². The third-order valence-electron chi connectivity index (χ3n) is 8.50. The van der Waals surface area contributed by atoms with E-state index in [1.165, 1.54) is 14.2 Å². The summed E-state index contributed by atoms with van der Waals surface area (Å²) in [4.78, 5) is 48.3. The molecule has 1 aliphatic heterocycles. The number of carbonyl (C=O) groups excluding carboxylic acids is 4. The van der Waals surface area contributed by atoms with Gasteiger partial charge in [0.15, 0.2) is 34.6 Å². The van der Waals surface area contributed by atoms with Crippen LogP contribution in [-0.4, -0.2) is 90.6 Å². The van der Waals surface area contributed by atoms with Gasteiger partial charge < -0.3 is 37.9 Å². The summed E-state index contributed by atoms with van der Waals surface area (Å²) >= 11 is 0. The number of benzene rings is 2. The fourth-order valence-corrected chi connectivity index (χ4v) is 5.54. The van der Waals surface area contributed by atoms with Crippen molar-refractivity contribution in [2.75, 3.05) is 67.1 Å². The molecule has 0 aliphatic carbocycles. The van der Waals surface area contributed by atoms with Gasteiger partial charge in [-0.3, -0.25) is 19.2 Å². The Balaban J connectivity index is 1.46. The highest BCUT2D eigenvalue weighted by molar-refractivity contribution is 5.97. The van der Waals surface area contributed by atoms with Crippen LogP contribution in [0.2, 0.25) is 0 Å². The Kier molecular flexibility index (Phi) is 20.9. The number of methoxy groups -OCH3 is 2. The number of carbonyl (C=O) groups is 4. The van der Waals surface area contributed by atoms with E-state index >= 15 is 0 Å². The van der Waals surface area contributed by atoms with Gasteiger partial charge in [0.1, 0.15) is 26.4 Å². The summed E-state index contributed by atoms with van der Waals surface area (Å²) < 4.78 is 44.7. The third kappa shape index (κ3) is 16.9. The topological polar surface area (TPSA) is 142 Å².